The van der Waals surface area contributed by atoms with Crippen molar-refractivity contribution in [2.75, 3.05) is 13.2 Å². The van der Waals surface area contributed by atoms with Crippen LogP contribution in [0, 0.1) is 0 Å². The Labute approximate surface area is 96.0 Å². The molecule has 2 rings (SSSR count). The first-order valence-corrected chi connectivity index (χ1v) is 5.83. The summed E-state index contributed by atoms with van der Waals surface area (Å²) in [5.74, 6) is 1.03. The summed E-state index contributed by atoms with van der Waals surface area (Å²) in [5.41, 5.74) is 0.999. The standard InChI is InChI=1S/C12H18N2O2/c1-9(2)11-3-4-12(14-13-11)16-10-5-7-15-8-6-10/h3-4,9-10H,5-8H2,1-2H3. The summed E-state index contributed by atoms with van der Waals surface area (Å²) in [5, 5.41) is 8.22. The lowest BCUT2D eigenvalue weighted by atomic mass is 10.1. The van der Waals surface area contributed by atoms with Crippen LogP contribution in [0.4, 0.5) is 0 Å². The maximum atomic E-state index is 5.74. The van der Waals surface area contributed by atoms with Gasteiger partial charge in [0.15, 0.2) is 0 Å². The van der Waals surface area contributed by atoms with Crippen molar-refractivity contribution in [2.45, 2.75) is 38.7 Å². The first-order valence-electron chi connectivity index (χ1n) is 5.83. The molecular formula is C12H18N2O2. The number of ether oxygens (including phenoxy) is 2. The summed E-state index contributed by atoms with van der Waals surface area (Å²) in [7, 11) is 0. The van der Waals surface area contributed by atoms with Crippen LogP contribution in [0.1, 0.15) is 38.3 Å². The third-order valence-corrected chi connectivity index (χ3v) is 2.71. The predicted molar refractivity (Wildman–Crippen MR) is 60.6 cm³/mol. The van der Waals surface area contributed by atoms with Crippen LogP contribution in [0.2, 0.25) is 0 Å². The van der Waals surface area contributed by atoms with Crippen molar-refractivity contribution < 1.29 is 9.47 Å². The number of hydrogen-bond donors (Lipinski definition) is 0. The van der Waals surface area contributed by atoms with Gasteiger partial charge in [-0.2, -0.15) is 5.10 Å². The molecule has 4 nitrogen and oxygen atoms in total. The Hall–Kier alpha value is -1.16. The van der Waals surface area contributed by atoms with E-state index in [1.54, 1.807) is 0 Å². The molecule has 0 radical (unpaired) electrons. The van der Waals surface area contributed by atoms with Crippen molar-refractivity contribution >= 4 is 0 Å². The van der Waals surface area contributed by atoms with E-state index in [1.165, 1.54) is 0 Å². The van der Waals surface area contributed by atoms with Gasteiger partial charge in [-0.05, 0) is 12.0 Å². The predicted octanol–water partition coefficient (Wildman–Crippen LogP) is 2.16. The highest BCUT2D eigenvalue weighted by atomic mass is 16.5. The highest BCUT2D eigenvalue weighted by Gasteiger charge is 2.16. The quantitative estimate of drug-likeness (QED) is 0.786. The van der Waals surface area contributed by atoms with E-state index in [2.05, 4.69) is 24.0 Å². The van der Waals surface area contributed by atoms with Gasteiger partial charge in [-0.25, -0.2) is 0 Å². The molecule has 88 valence electrons. The molecular weight excluding hydrogens is 204 g/mol. The first kappa shape index (κ1) is 11.3. The fraction of sp³-hybridized carbons (Fsp3) is 0.667. The third-order valence-electron chi connectivity index (χ3n) is 2.71. The maximum Gasteiger partial charge on any atom is 0.233 e. The fourth-order valence-corrected chi connectivity index (χ4v) is 1.67. The zero-order chi connectivity index (χ0) is 11.4. The van der Waals surface area contributed by atoms with Crippen molar-refractivity contribution in [1.82, 2.24) is 10.2 Å². The summed E-state index contributed by atoms with van der Waals surface area (Å²) in [6.45, 7) is 5.76. The van der Waals surface area contributed by atoms with Crippen molar-refractivity contribution in [3.05, 3.63) is 17.8 Å². The van der Waals surface area contributed by atoms with Crippen LogP contribution in [0.25, 0.3) is 0 Å². The molecule has 1 aliphatic rings. The molecule has 0 unspecified atom stereocenters. The molecule has 1 aromatic heterocycles. The van der Waals surface area contributed by atoms with Crippen molar-refractivity contribution in [3.8, 4) is 5.88 Å². The average Bonchev–Trinajstić information content (AvgIpc) is 2.31. The molecule has 0 aromatic carbocycles. The number of aromatic nitrogens is 2. The van der Waals surface area contributed by atoms with Gasteiger partial charge in [0, 0.05) is 18.9 Å². The van der Waals surface area contributed by atoms with E-state index in [4.69, 9.17) is 9.47 Å². The second kappa shape index (κ2) is 5.25. The van der Waals surface area contributed by atoms with Crippen LogP contribution in [-0.4, -0.2) is 29.5 Å². The largest absolute Gasteiger partial charge is 0.473 e. The maximum absolute atomic E-state index is 5.74. The Kier molecular flexibility index (Phi) is 3.72. The van der Waals surface area contributed by atoms with E-state index < -0.39 is 0 Å². The molecule has 1 saturated heterocycles. The molecule has 0 N–H and O–H groups in total. The Morgan fingerprint density at radius 2 is 2.00 bits per heavy atom. The minimum Gasteiger partial charge on any atom is -0.473 e. The molecule has 0 spiro atoms. The minimum atomic E-state index is 0.230. The second-order valence-corrected chi connectivity index (χ2v) is 4.38. The summed E-state index contributed by atoms with van der Waals surface area (Å²) >= 11 is 0. The molecule has 1 aromatic rings. The van der Waals surface area contributed by atoms with Gasteiger partial charge in [-0.1, -0.05) is 13.8 Å². The van der Waals surface area contributed by atoms with Gasteiger partial charge in [0.1, 0.15) is 6.10 Å². The van der Waals surface area contributed by atoms with Crippen LogP contribution in [0.5, 0.6) is 5.88 Å². The summed E-state index contributed by atoms with van der Waals surface area (Å²) in [4.78, 5) is 0. The average molecular weight is 222 g/mol. The van der Waals surface area contributed by atoms with Gasteiger partial charge < -0.3 is 9.47 Å². The second-order valence-electron chi connectivity index (χ2n) is 4.38. The number of hydrogen-bond acceptors (Lipinski definition) is 4. The Bertz CT molecular complexity index is 318. The summed E-state index contributed by atoms with van der Waals surface area (Å²) < 4.78 is 11.0. The zero-order valence-corrected chi connectivity index (χ0v) is 9.85. The van der Waals surface area contributed by atoms with Gasteiger partial charge in [-0.3, -0.25) is 0 Å². The van der Waals surface area contributed by atoms with Gasteiger partial charge >= 0.3 is 0 Å². The Morgan fingerprint density at radius 1 is 1.25 bits per heavy atom. The molecule has 1 fully saturated rings. The molecule has 0 amide bonds. The Balaban J connectivity index is 1.93. The van der Waals surface area contributed by atoms with E-state index >= 15 is 0 Å². The van der Waals surface area contributed by atoms with Gasteiger partial charge in [0.05, 0.1) is 18.9 Å². The van der Waals surface area contributed by atoms with E-state index in [0.29, 0.717) is 11.8 Å². The molecule has 0 saturated carbocycles. The van der Waals surface area contributed by atoms with Crippen molar-refractivity contribution in [1.29, 1.82) is 0 Å². The van der Waals surface area contributed by atoms with Crippen molar-refractivity contribution in [2.24, 2.45) is 0 Å². The lowest BCUT2D eigenvalue weighted by molar-refractivity contribution is 0.0233. The highest BCUT2D eigenvalue weighted by Crippen LogP contribution is 2.17. The van der Waals surface area contributed by atoms with E-state index in [0.717, 1.165) is 31.7 Å². The third kappa shape index (κ3) is 2.92. The van der Waals surface area contributed by atoms with Crippen LogP contribution >= 0.6 is 0 Å². The normalized spacial score (nSPS) is 17.7. The monoisotopic (exact) mass is 222 g/mol. The smallest absolute Gasteiger partial charge is 0.233 e. The van der Waals surface area contributed by atoms with Crippen molar-refractivity contribution in [3.63, 3.8) is 0 Å². The topological polar surface area (TPSA) is 44.2 Å². The van der Waals surface area contributed by atoms with Gasteiger partial charge in [0.2, 0.25) is 5.88 Å². The van der Waals surface area contributed by atoms with Crippen LogP contribution in [-0.2, 0) is 4.74 Å². The van der Waals surface area contributed by atoms with Gasteiger partial charge in [-0.15, -0.1) is 5.10 Å². The molecule has 16 heavy (non-hydrogen) atoms. The molecule has 0 atom stereocenters. The molecule has 4 heteroatoms. The lowest BCUT2D eigenvalue weighted by Gasteiger charge is -2.22. The minimum absolute atomic E-state index is 0.230. The van der Waals surface area contributed by atoms with E-state index in [9.17, 15) is 0 Å². The molecule has 1 aliphatic heterocycles. The van der Waals surface area contributed by atoms with E-state index in [1.807, 2.05) is 12.1 Å². The highest BCUT2D eigenvalue weighted by molar-refractivity contribution is 5.13. The first-order chi connectivity index (χ1) is 7.75. The van der Waals surface area contributed by atoms with Crippen LogP contribution in [0.15, 0.2) is 12.1 Å². The van der Waals surface area contributed by atoms with Gasteiger partial charge in [0.25, 0.3) is 0 Å². The van der Waals surface area contributed by atoms with Crippen LogP contribution in [0.3, 0.4) is 0 Å². The number of rotatable bonds is 3. The van der Waals surface area contributed by atoms with Crippen LogP contribution < -0.4 is 4.74 Å². The van der Waals surface area contributed by atoms with E-state index in [-0.39, 0.29) is 6.10 Å². The zero-order valence-electron chi connectivity index (χ0n) is 9.85. The SMILES string of the molecule is CC(C)c1ccc(OC2CCOCC2)nn1. The number of nitrogens with zero attached hydrogens (tertiary/aromatic N) is 2. The molecule has 0 aliphatic carbocycles. The Morgan fingerprint density at radius 3 is 2.56 bits per heavy atom. The lowest BCUT2D eigenvalue weighted by Crippen LogP contribution is -2.26. The molecule has 2 heterocycles. The summed E-state index contributed by atoms with van der Waals surface area (Å²) in [6.07, 6.45) is 2.11. The fourth-order valence-electron chi connectivity index (χ4n) is 1.67. The molecule has 0 bridgehead atoms. The summed E-state index contributed by atoms with van der Waals surface area (Å²) in [6, 6.07) is 3.88.